The Kier molecular flexibility index (Phi) is 6.39. The number of hydrogen-bond donors (Lipinski definition) is 1. The van der Waals surface area contributed by atoms with E-state index >= 15 is 0 Å². The predicted octanol–water partition coefficient (Wildman–Crippen LogP) is 3.48. The summed E-state index contributed by atoms with van der Waals surface area (Å²) >= 11 is 9.27. The van der Waals surface area contributed by atoms with Gasteiger partial charge >= 0.3 is 5.97 Å². The zero-order chi connectivity index (χ0) is 13.5. The third kappa shape index (κ3) is 4.12. The smallest absolute Gasteiger partial charge is 0.327 e. The standard InChI is InChI=1S/C13H15BrClNO2/c1-3-7-16-12(13(17)18-4-2)9-5-6-11(15)10(14)8-9/h3,5-6,8,12,16H,1,4,7H2,2H3. The van der Waals surface area contributed by atoms with Crippen molar-refractivity contribution in [2.45, 2.75) is 13.0 Å². The topological polar surface area (TPSA) is 38.3 Å². The lowest BCUT2D eigenvalue weighted by atomic mass is 10.1. The van der Waals surface area contributed by atoms with Gasteiger partial charge in [0.05, 0.1) is 11.6 Å². The first-order valence-electron chi connectivity index (χ1n) is 5.56. The van der Waals surface area contributed by atoms with Crippen molar-refractivity contribution in [3.63, 3.8) is 0 Å². The zero-order valence-electron chi connectivity index (χ0n) is 10.1. The number of benzene rings is 1. The molecule has 0 aliphatic heterocycles. The van der Waals surface area contributed by atoms with Crippen molar-refractivity contribution < 1.29 is 9.53 Å². The van der Waals surface area contributed by atoms with Crippen LogP contribution in [0.2, 0.25) is 5.02 Å². The summed E-state index contributed by atoms with van der Waals surface area (Å²) in [4.78, 5) is 11.9. The number of halogens is 2. The van der Waals surface area contributed by atoms with Crippen LogP contribution < -0.4 is 5.32 Å². The van der Waals surface area contributed by atoms with Crippen molar-refractivity contribution in [3.8, 4) is 0 Å². The molecule has 0 heterocycles. The van der Waals surface area contributed by atoms with E-state index < -0.39 is 6.04 Å². The lowest BCUT2D eigenvalue weighted by Gasteiger charge is -2.17. The second-order valence-electron chi connectivity index (χ2n) is 3.56. The quantitative estimate of drug-likeness (QED) is 0.640. The second-order valence-corrected chi connectivity index (χ2v) is 4.82. The Hall–Kier alpha value is -0.840. The molecule has 0 bridgehead atoms. The van der Waals surface area contributed by atoms with E-state index in [0.717, 1.165) is 10.0 Å². The van der Waals surface area contributed by atoms with Crippen molar-refractivity contribution >= 4 is 33.5 Å². The summed E-state index contributed by atoms with van der Waals surface area (Å²) in [5.74, 6) is -0.312. The summed E-state index contributed by atoms with van der Waals surface area (Å²) in [6.45, 7) is 6.26. The molecule has 0 aliphatic carbocycles. The van der Waals surface area contributed by atoms with Crippen molar-refractivity contribution in [2.24, 2.45) is 0 Å². The number of nitrogens with one attached hydrogen (secondary N) is 1. The predicted molar refractivity (Wildman–Crippen MR) is 76.7 cm³/mol. The first-order valence-corrected chi connectivity index (χ1v) is 6.73. The molecule has 98 valence electrons. The number of rotatable bonds is 6. The molecule has 1 rings (SSSR count). The molecule has 1 N–H and O–H groups in total. The van der Waals surface area contributed by atoms with Crippen LogP contribution in [-0.2, 0) is 9.53 Å². The average molecular weight is 333 g/mol. The molecule has 1 atom stereocenters. The van der Waals surface area contributed by atoms with E-state index in [-0.39, 0.29) is 5.97 Å². The first-order chi connectivity index (χ1) is 8.60. The van der Waals surface area contributed by atoms with Crippen LogP contribution in [0.4, 0.5) is 0 Å². The Morgan fingerprint density at radius 2 is 2.39 bits per heavy atom. The Bertz CT molecular complexity index is 437. The van der Waals surface area contributed by atoms with Crippen molar-refractivity contribution in [1.82, 2.24) is 5.32 Å². The third-order valence-electron chi connectivity index (χ3n) is 2.27. The Morgan fingerprint density at radius 1 is 1.67 bits per heavy atom. The Labute approximate surface area is 120 Å². The van der Waals surface area contributed by atoms with Crippen LogP contribution in [0.1, 0.15) is 18.5 Å². The lowest BCUT2D eigenvalue weighted by molar-refractivity contribution is -0.145. The highest BCUT2D eigenvalue weighted by Gasteiger charge is 2.21. The Balaban J connectivity index is 2.96. The van der Waals surface area contributed by atoms with Gasteiger partial charge in [0, 0.05) is 11.0 Å². The summed E-state index contributed by atoms with van der Waals surface area (Å²) in [5, 5.41) is 3.66. The molecular weight excluding hydrogens is 318 g/mol. The van der Waals surface area contributed by atoms with Gasteiger partial charge in [-0.2, -0.15) is 0 Å². The number of carbonyl (C=O) groups is 1. The van der Waals surface area contributed by atoms with Crippen LogP contribution in [0, 0.1) is 0 Å². The van der Waals surface area contributed by atoms with Crippen LogP contribution in [0.25, 0.3) is 0 Å². The fraction of sp³-hybridized carbons (Fsp3) is 0.308. The molecule has 1 unspecified atom stereocenters. The minimum Gasteiger partial charge on any atom is -0.465 e. The molecule has 0 aliphatic rings. The SMILES string of the molecule is C=CCNC(C(=O)OCC)c1ccc(Cl)c(Br)c1. The largest absolute Gasteiger partial charge is 0.465 e. The first kappa shape index (κ1) is 15.2. The van der Waals surface area contributed by atoms with Gasteiger partial charge in [0.1, 0.15) is 6.04 Å². The highest BCUT2D eigenvalue weighted by Crippen LogP contribution is 2.26. The van der Waals surface area contributed by atoms with Crippen molar-refractivity contribution in [1.29, 1.82) is 0 Å². The van der Waals surface area contributed by atoms with Crippen LogP contribution in [0.15, 0.2) is 35.3 Å². The van der Waals surface area contributed by atoms with Gasteiger partial charge in [0.2, 0.25) is 0 Å². The van der Waals surface area contributed by atoms with E-state index in [9.17, 15) is 4.79 Å². The van der Waals surface area contributed by atoms with Crippen LogP contribution in [-0.4, -0.2) is 19.1 Å². The van der Waals surface area contributed by atoms with E-state index in [4.69, 9.17) is 16.3 Å². The Morgan fingerprint density at radius 3 is 2.94 bits per heavy atom. The van der Waals surface area contributed by atoms with Gasteiger partial charge in [-0.15, -0.1) is 6.58 Å². The molecule has 0 saturated carbocycles. The molecular formula is C13H15BrClNO2. The van der Waals surface area contributed by atoms with Crippen molar-refractivity contribution in [2.75, 3.05) is 13.2 Å². The van der Waals surface area contributed by atoms with E-state index in [0.29, 0.717) is 18.2 Å². The molecule has 1 aromatic carbocycles. The van der Waals surface area contributed by atoms with Gasteiger partial charge in [-0.1, -0.05) is 23.7 Å². The van der Waals surface area contributed by atoms with Gasteiger partial charge < -0.3 is 4.74 Å². The molecule has 0 radical (unpaired) electrons. The van der Waals surface area contributed by atoms with Crippen LogP contribution >= 0.6 is 27.5 Å². The van der Waals surface area contributed by atoms with Crippen LogP contribution in [0.5, 0.6) is 0 Å². The van der Waals surface area contributed by atoms with Gasteiger partial charge in [-0.05, 0) is 40.5 Å². The molecule has 1 aromatic rings. The normalized spacial score (nSPS) is 11.9. The monoisotopic (exact) mass is 331 g/mol. The molecule has 18 heavy (non-hydrogen) atoms. The third-order valence-corrected chi connectivity index (χ3v) is 3.48. The summed E-state index contributed by atoms with van der Waals surface area (Å²) in [6.07, 6.45) is 1.69. The molecule has 0 saturated heterocycles. The molecule has 0 amide bonds. The maximum absolute atomic E-state index is 11.9. The zero-order valence-corrected chi connectivity index (χ0v) is 12.4. The molecule has 3 nitrogen and oxygen atoms in total. The van der Waals surface area contributed by atoms with Gasteiger partial charge in [-0.3, -0.25) is 5.32 Å². The molecule has 0 spiro atoms. The van der Waals surface area contributed by atoms with E-state index in [2.05, 4.69) is 27.8 Å². The summed E-state index contributed by atoms with van der Waals surface area (Å²) in [7, 11) is 0. The minimum atomic E-state index is -0.517. The maximum atomic E-state index is 11.9. The second kappa shape index (κ2) is 7.56. The van der Waals surface area contributed by atoms with E-state index in [1.165, 1.54) is 0 Å². The number of ether oxygens (including phenoxy) is 1. The highest BCUT2D eigenvalue weighted by molar-refractivity contribution is 9.10. The fourth-order valence-corrected chi connectivity index (χ4v) is 1.97. The molecule has 0 aromatic heterocycles. The average Bonchev–Trinajstić information content (AvgIpc) is 2.34. The highest BCUT2D eigenvalue weighted by atomic mass is 79.9. The molecule has 5 heteroatoms. The number of esters is 1. The number of carbonyl (C=O) groups excluding carboxylic acids is 1. The van der Waals surface area contributed by atoms with E-state index in [1.54, 1.807) is 31.2 Å². The van der Waals surface area contributed by atoms with Crippen molar-refractivity contribution in [3.05, 3.63) is 45.9 Å². The minimum absolute atomic E-state index is 0.312. The fourth-order valence-electron chi connectivity index (χ4n) is 1.46. The van der Waals surface area contributed by atoms with E-state index in [1.807, 2.05) is 0 Å². The number of hydrogen-bond acceptors (Lipinski definition) is 3. The van der Waals surface area contributed by atoms with Gasteiger partial charge in [-0.25, -0.2) is 4.79 Å². The maximum Gasteiger partial charge on any atom is 0.327 e. The summed E-state index contributed by atoms with van der Waals surface area (Å²) in [6, 6.07) is 4.82. The van der Waals surface area contributed by atoms with Gasteiger partial charge in [0.15, 0.2) is 0 Å². The lowest BCUT2D eigenvalue weighted by Crippen LogP contribution is -2.30. The summed E-state index contributed by atoms with van der Waals surface area (Å²) in [5.41, 5.74) is 0.798. The van der Waals surface area contributed by atoms with Gasteiger partial charge in [0.25, 0.3) is 0 Å². The molecule has 0 fully saturated rings. The van der Waals surface area contributed by atoms with Crippen LogP contribution in [0.3, 0.4) is 0 Å². The summed E-state index contributed by atoms with van der Waals surface area (Å²) < 4.78 is 5.79.